The highest BCUT2D eigenvalue weighted by Crippen LogP contribution is 2.34. The van der Waals surface area contributed by atoms with Crippen molar-refractivity contribution >= 4 is 0 Å². The summed E-state index contributed by atoms with van der Waals surface area (Å²) in [6.07, 6.45) is 4.72. The van der Waals surface area contributed by atoms with Gasteiger partial charge < -0.3 is 9.84 Å². The van der Waals surface area contributed by atoms with Gasteiger partial charge in [0.1, 0.15) is 5.75 Å². The smallest absolute Gasteiger partial charge is 0.119 e. The molecule has 0 spiro atoms. The summed E-state index contributed by atoms with van der Waals surface area (Å²) in [5.74, 6) is 0.858. The van der Waals surface area contributed by atoms with Crippen molar-refractivity contribution in [2.45, 2.75) is 57.8 Å². The number of β-amino-alcohol motifs (C(OH)–C–C–N with tert-alkyl or cyclic N) is 1. The summed E-state index contributed by atoms with van der Waals surface area (Å²) in [5, 5.41) is 15.0. The maximum absolute atomic E-state index is 10.2. The lowest BCUT2D eigenvalue weighted by Crippen LogP contribution is -2.24. The number of nitrogens with zero attached hydrogens (tertiary/aromatic N) is 3. The van der Waals surface area contributed by atoms with E-state index in [1.807, 2.05) is 12.1 Å². The second kappa shape index (κ2) is 8.02. The average molecular weight is 343 g/mol. The van der Waals surface area contributed by atoms with Crippen LogP contribution in [0.1, 0.15) is 56.5 Å². The van der Waals surface area contributed by atoms with Crippen LogP contribution in [0.5, 0.6) is 5.75 Å². The molecular formula is C20H29N3O2. The summed E-state index contributed by atoms with van der Waals surface area (Å²) < 4.78 is 7.44. The molecule has 1 fully saturated rings. The summed E-state index contributed by atoms with van der Waals surface area (Å²) in [5.41, 5.74) is 2.25. The number of methoxy groups -OCH3 is 1. The van der Waals surface area contributed by atoms with Gasteiger partial charge >= 0.3 is 0 Å². The van der Waals surface area contributed by atoms with E-state index in [9.17, 15) is 5.11 Å². The molecule has 1 N–H and O–H groups in total. The highest BCUT2D eigenvalue weighted by atomic mass is 16.5. The van der Waals surface area contributed by atoms with Gasteiger partial charge in [-0.3, -0.25) is 9.58 Å². The molecule has 1 aromatic carbocycles. The molecule has 2 aromatic rings. The minimum absolute atomic E-state index is 0.198. The van der Waals surface area contributed by atoms with Crippen molar-refractivity contribution in [3.63, 3.8) is 0 Å². The predicted octanol–water partition coefficient (Wildman–Crippen LogP) is 3.56. The van der Waals surface area contributed by atoms with Gasteiger partial charge in [0.15, 0.2) is 0 Å². The largest absolute Gasteiger partial charge is 0.497 e. The van der Waals surface area contributed by atoms with Crippen LogP contribution in [0.2, 0.25) is 0 Å². The second-order valence-electron chi connectivity index (χ2n) is 6.87. The van der Waals surface area contributed by atoms with Crippen molar-refractivity contribution in [1.82, 2.24) is 14.7 Å². The fourth-order valence-corrected chi connectivity index (χ4v) is 3.79. The molecule has 25 heavy (non-hydrogen) atoms. The van der Waals surface area contributed by atoms with Gasteiger partial charge in [-0.05, 0) is 43.0 Å². The van der Waals surface area contributed by atoms with E-state index in [4.69, 9.17) is 9.84 Å². The molecule has 0 saturated carbocycles. The Labute approximate surface area is 150 Å². The SMILES string of the molecule is CCC(CC)n1ccc(CN2C[C@H](O)C[C@H]2c2cccc(OC)c2)n1. The van der Waals surface area contributed by atoms with Crippen LogP contribution in [0.15, 0.2) is 36.5 Å². The first-order valence-electron chi connectivity index (χ1n) is 9.24. The molecule has 1 saturated heterocycles. The van der Waals surface area contributed by atoms with Gasteiger partial charge in [-0.25, -0.2) is 0 Å². The van der Waals surface area contributed by atoms with Gasteiger partial charge in [-0.1, -0.05) is 26.0 Å². The number of benzene rings is 1. The number of ether oxygens (including phenoxy) is 1. The first-order valence-corrected chi connectivity index (χ1v) is 9.24. The molecule has 0 bridgehead atoms. The summed E-state index contributed by atoms with van der Waals surface area (Å²) in [7, 11) is 1.69. The summed E-state index contributed by atoms with van der Waals surface area (Å²) in [6.45, 7) is 5.84. The Kier molecular flexibility index (Phi) is 5.76. The lowest BCUT2D eigenvalue weighted by molar-refractivity contribution is 0.172. The number of aromatic nitrogens is 2. The first-order chi connectivity index (χ1) is 12.1. The Balaban J connectivity index is 1.76. The van der Waals surface area contributed by atoms with E-state index in [0.717, 1.165) is 37.3 Å². The predicted molar refractivity (Wildman–Crippen MR) is 98.6 cm³/mol. The van der Waals surface area contributed by atoms with Crippen LogP contribution < -0.4 is 4.74 Å². The van der Waals surface area contributed by atoms with Crippen molar-refractivity contribution in [1.29, 1.82) is 0 Å². The minimum Gasteiger partial charge on any atom is -0.497 e. The Morgan fingerprint density at radius 1 is 1.28 bits per heavy atom. The number of hydrogen-bond acceptors (Lipinski definition) is 4. The van der Waals surface area contributed by atoms with E-state index in [0.29, 0.717) is 12.6 Å². The van der Waals surface area contributed by atoms with Crippen molar-refractivity contribution in [3.05, 3.63) is 47.8 Å². The van der Waals surface area contributed by atoms with E-state index in [2.05, 4.69) is 47.8 Å². The zero-order valence-electron chi connectivity index (χ0n) is 15.4. The third-order valence-electron chi connectivity index (χ3n) is 5.21. The van der Waals surface area contributed by atoms with E-state index in [-0.39, 0.29) is 12.1 Å². The lowest BCUT2D eigenvalue weighted by Gasteiger charge is -2.24. The third-order valence-corrected chi connectivity index (χ3v) is 5.21. The molecule has 2 atom stereocenters. The van der Waals surface area contributed by atoms with Crippen LogP contribution in [0, 0.1) is 0 Å². The van der Waals surface area contributed by atoms with Gasteiger partial charge in [-0.2, -0.15) is 5.10 Å². The van der Waals surface area contributed by atoms with Crippen LogP contribution in [-0.4, -0.2) is 39.5 Å². The van der Waals surface area contributed by atoms with Crippen LogP contribution >= 0.6 is 0 Å². The Bertz CT molecular complexity index is 681. The van der Waals surface area contributed by atoms with Crippen LogP contribution in [0.3, 0.4) is 0 Å². The van der Waals surface area contributed by atoms with Crippen molar-refractivity contribution < 1.29 is 9.84 Å². The van der Waals surface area contributed by atoms with Gasteiger partial charge in [0.05, 0.1) is 24.9 Å². The zero-order chi connectivity index (χ0) is 17.8. The first kappa shape index (κ1) is 18.0. The molecule has 1 aliphatic heterocycles. The van der Waals surface area contributed by atoms with Crippen LogP contribution in [0.4, 0.5) is 0 Å². The molecular weight excluding hydrogens is 314 g/mol. The molecule has 1 aliphatic rings. The van der Waals surface area contributed by atoms with Crippen molar-refractivity contribution in [3.8, 4) is 5.75 Å². The Morgan fingerprint density at radius 3 is 2.80 bits per heavy atom. The standard InChI is InChI=1S/C20H29N3O2/c1-4-17(5-2)23-10-9-16(21-23)13-22-14-18(24)12-20(22)15-7-6-8-19(11-15)25-3/h6-11,17-18,20,24H,4-5,12-14H2,1-3H3/t18-,20+/m1/s1. The molecule has 0 aliphatic carbocycles. The zero-order valence-corrected chi connectivity index (χ0v) is 15.4. The molecule has 0 amide bonds. The normalized spacial score (nSPS) is 21.2. The van der Waals surface area contributed by atoms with Crippen molar-refractivity contribution in [2.24, 2.45) is 0 Å². The number of aliphatic hydroxyl groups excluding tert-OH is 1. The lowest BCUT2D eigenvalue weighted by atomic mass is 10.0. The minimum atomic E-state index is -0.294. The molecule has 1 aromatic heterocycles. The summed E-state index contributed by atoms with van der Waals surface area (Å²) in [6, 6.07) is 10.9. The summed E-state index contributed by atoms with van der Waals surface area (Å²) >= 11 is 0. The molecule has 5 heteroatoms. The number of likely N-dealkylation sites (tertiary alicyclic amines) is 1. The highest BCUT2D eigenvalue weighted by Gasteiger charge is 2.32. The fourth-order valence-electron chi connectivity index (χ4n) is 3.79. The highest BCUT2D eigenvalue weighted by molar-refractivity contribution is 5.31. The van der Waals surface area contributed by atoms with Gasteiger partial charge in [0.25, 0.3) is 0 Å². The molecule has 136 valence electrons. The number of hydrogen-bond donors (Lipinski definition) is 1. The number of rotatable bonds is 7. The van der Waals surface area contributed by atoms with Crippen molar-refractivity contribution in [2.75, 3.05) is 13.7 Å². The Hall–Kier alpha value is -1.85. The molecule has 2 heterocycles. The molecule has 0 radical (unpaired) electrons. The van der Waals surface area contributed by atoms with E-state index < -0.39 is 0 Å². The maximum atomic E-state index is 10.2. The van der Waals surface area contributed by atoms with E-state index >= 15 is 0 Å². The van der Waals surface area contributed by atoms with Gasteiger partial charge in [0.2, 0.25) is 0 Å². The quantitative estimate of drug-likeness (QED) is 0.835. The average Bonchev–Trinajstić information content (AvgIpc) is 3.23. The second-order valence-corrected chi connectivity index (χ2v) is 6.87. The van der Waals surface area contributed by atoms with E-state index in [1.54, 1.807) is 7.11 Å². The molecule has 0 unspecified atom stereocenters. The Morgan fingerprint density at radius 2 is 2.08 bits per heavy atom. The van der Waals surface area contributed by atoms with Gasteiger partial charge in [-0.15, -0.1) is 0 Å². The van der Waals surface area contributed by atoms with E-state index in [1.165, 1.54) is 5.56 Å². The molecule has 5 nitrogen and oxygen atoms in total. The van der Waals surface area contributed by atoms with Gasteiger partial charge in [0, 0.05) is 25.3 Å². The topological polar surface area (TPSA) is 50.5 Å². The number of aliphatic hydroxyl groups is 1. The molecule has 3 rings (SSSR count). The third kappa shape index (κ3) is 4.05. The summed E-state index contributed by atoms with van der Waals surface area (Å²) in [4.78, 5) is 2.32. The van der Waals surface area contributed by atoms with Crippen LogP contribution in [-0.2, 0) is 6.54 Å². The fraction of sp³-hybridized carbons (Fsp3) is 0.550. The maximum Gasteiger partial charge on any atom is 0.119 e. The van der Waals surface area contributed by atoms with Crippen LogP contribution in [0.25, 0.3) is 0 Å². The monoisotopic (exact) mass is 343 g/mol.